The third-order valence-electron chi connectivity index (χ3n) is 5.76. The summed E-state index contributed by atoms with van der Waals surface area (Å²) in [6.07, 6.45) is 3.13. The van der Waals surface area contributed by atoms with Gasteiger partial charge in [0.2, 0.25) is 5.91 Å². The molecule has 0 radical (unpaired) electrons. The molecule has 1 aliphatic rings. The van der Waals surface area contributed by atoms with Gasteiger partial charge in [0.05, 0.1) is 11.4 Å². The van der Waals surface area contributed by atoms with Crippen molar-refractivity contribution in [2.75, 3.05) is 0 Å². The third kappa shape index (κ3) is 3.42. The third-order valence-corrected chi connectivity index (χ3v) is 5.76. The zero-order valence-corrected chi connectivity index (χ0v) is 17.1. The molecule has 1 aliphatic heterocycles. The molecule has 1 fully saturated rings. The van der Waals surface area contributed by atoms with Crippen LogP contribution in [0.25, 0.3) is 11.3 Å². The van der Waals surface area contributed by atoms with Gasteiger partial charge in [-0.05, 0) is 59.9 Å². The summed E-state index contributed by atoms with van der Waals surface area (Å²) in [6, 6.07) is 2.92. The largest absolute Gasteiger partial charge is 0.335 e. The van der Waals surface area contributed by atoms with E-state index in [1.54, 1.807) is 17.7 Å². The maximum Gasteiger partial charge on any atom is 0.267 e. The normalized spacial score (nSPS) is 21.3. The van der Waals surface area contributed by atoms with Gasteiger partial charge >= 0.3 is 0 Å². The molecule has 2 aromatic rings. The molecule has 2 aromatic heterocycles. The molecule has 7 heteroatoms. The maximum atomic E-state index is 13.2. The number of aryl methyl sites for hydroxylation is 2. The van der Waals surface area contributed by atoms with Gasteiger partial charge < -0.3 is 4.90 Å². The van der Waals surface area contributed by atoms with Gasteiger partial charge in [0.1, 0.15) is 6.04 Å². The topological polar surface area (TPSA) is 73.0 Å². The summed E-state index contributed by atoms with van der Waals surface area (Å²) in [4.78, 5) is 27.6. The molecule has 0 N–H and O–H groups in total. The summed E-state index contributed by atoms with van der Waals surface area (Å²) in [5.74, 6) is -0.0407. The van der Waals surface area contributed by atoms with E-state index < -0.39 is 6.04 Å². The fourth-order valence-electron chi connectivity index (χ4n) is 4.16. The SMILES string of the molecule is Cc1nn(C)c(C)c1-c1ccc(=O)n([C@@H](C)C(=O)N2[C@@H](C)CCC[C@@H]2C)n1. The molecule has 27 heavy (non-hydrogen) atoms. The number of piperidine rings is 1. The van der Waals surface area contributed by atoms with Gasteiger partial charge in [0.25, 0.3) is 5.56 Å². The van der Waals surface area contributed by atoms with Crippen LogP contribution in [0.3, 0.4) is 0 Å². The van der Waals surface area contributed by atoms with Gasteiger partial charge in [-0.3, -0.25) is 14.3 Å². The van der Waals surface area contributed by atoms with Crippen molar-refractivity contribution in [3.8, 4) is 11.3 Å². The second-order valence-corrected chi connectivity index (χ2v) is 7.72. The zero-order valence-electron chi connectivity index (χ0n) is 17.1. The van der Waals surface area contributed by atoms with E-state index in [0.717, 1.165) is 36.2 Å². The molecule has 0 bridgehead atoms. The van der Waals surface area contributed by atoms with E-state index in [0.29, 0.717) is 5.69 Å². The van der Waals surface area contributed by atoms with Crippen molar-refractivity contribution in [2.24, 2.45) is 7.05 Å². The van der Waals surface area contributed by atoms with E-state index >= 15 is 0 Å². The molecule has 0 aliphatic carbocycles. The summed E-state index contributed by atoms with van der Waals surface area (Å²) in [7, 11) is 1.88. The fraction of sp³-hybridized carbons (Fsp3) is 0.600. The van der Waals surface area contributed by atoms with Crippen molar-refractivity contribution < 1.29 is 4.79 Å². The minimum Gasteiger partial charge on any atom is -0.335 e. The second-order valence-electron chi connectivity index (χ2n) is 7.72. The molecule has 3 heterocycles. The van der Waals surface area contributed by atoms with E-state index in [1.165, 1.54) is 10.7 Å². The minimum atomic E-state index is -0.641. The molecule has 3 rings (SSSR count). The standard InChI is InChI=1S/C20H29N5O2/c1-12-8-7-9-13(2)24(12)20(27)16(5)25-18(26)11-10-17(22-25)19-14(3)21-23(6)15(19)4/h10-13,16H,7-9H2,1-6H3/t12-,13-,16-/m0/s1. The van der Waals surface area contributed by atoms with E-state index in [4.69, 9.17) is 0 Å². The van der Waals surface area contributed by atoms with Crippen molar-refractivity contribution in [2.45, 2.75) is 72.0 Å². The molecule has 146 valence electrons. The molecule has 1 saturated heterocycles. The lowest BCUT2D eigenvalue weighted by molar-refractivity contribution is -0.140. The first-order valence-corrected chi connectivity index (χ1v) is 9.65. The number of amides is 1. The van der Waals surface area contributed by atoms with Crippen molar-refractivity contribution in [3.63, 3.8) is 0 Å². The Morgan fingerprint density at radius 2 is 1.78 bits per heavy atom. The Labute approximate surface area is 160 Å². The van der Waals surface area contributed by atoms with Crippen LogP contribution in [0.4, 0.5) is 0 Å². The lowest BCUT2D eigenvalue weighted by Gasteiger charge is -2.40. The van der Waals surface area contributed by atoms with Gasteiger partial charge in [0, 0.05) is 36.5 Å². The predicted molar refractivity (Wildman–Crippen MR) is 105 cm³/mol. The van der Waals surface area contributed by atoms with Crippen LogP contribution in [0.15, 0.2) is 16.9 Å². The average molecular weight is 371 g/mol. The second kappa shape index (κ2) is 7.29. The molecule has 1 amide bonds. The first kappa shape index (κ1) is 19.3. The minimum absolute atomic E-state index is 0.0407. The van der Waals surface area contributed by atoms with E-state index in [2.05, 4.69) is 24.0 Å². The highest BCUT2D eigenvalue weighted by atomic mass is 16.2. The Hall–Kier alpha value is -2.44. The van der Waals surface area contributed by atoms with Gasteiger partial charge in [-0.1, -0.05) is 0 Å². The van der Waals surface area contributed by atoms with E-state index in [9.17, 15) is 9.59 Å². The number of aromatic nitrogens is 4. The van der Waals surface area contributed by atoms with Crippen LogP contribution >= 0.6 is 0 Å². The number of hydrogen-bond acceptors (Lipinski definition) is 4. The number of carbonyl (C=O) groups excluding carboxylic acids is 1. The summed E-state index contributed by atoms with van der Waals surface area (Å²) in [5, 5.41) is 8.97. The van der Waals surface area contributed by atoms with Crippen LogP contribution in [0.1, 0.15) is 57.5 Å². The molecule has 0 aromatic carbocycles. The number of likely N-dealkylation sites (tertiary alicyclic amines) is 1. The Balaban J connectivity index is 1.99. The van der Waals surface area contributed by atoms with Crippen molar-refractivity contribution in [3.05, 3.63) is 33.9 Å². The lowest BCUT2D eigenvalue weighted by Crippen LogP contribution is -2.50. The first-order chi connectivity index (χ1) is 12.7. The fourth-order valence-corrected chi connectivity index (χ4v) is 4.16. The Bertz CT molecular complexity index is 904. The Kier molecular flexibility index (Phi) is 5.22. The highest BCUT2D eigenvalue weighted by Crippen LogP contribution is 2.27. The molecule has 3 atom stereocenters. The highest BCUT2D eigenvalue weighted by Gasteiger charge is 2.33. The molecule has 7 nitrogen and oxygen atoms in total. The van der Waals surface area contributed by atoms with Gasteiger partial charge in [0.15, 0.2) is 0 Å². The maximum absolute atomic E-state index is 13.2. The monoisotopic (exact) mass is 371 g/mol. The average Bonchev–Trinajstić information content (AvgIpc) is 2.87. The van der Waals surface area contributed by atoms with Gasteiger partial charge in [-0.25, -0.2) is 4.68 Å². The first-order valence-electron chi connectivity index (χ1n) is 9.65. The summed E-state index contributed by atoms with van der Waals surface area (Å²) in [6.45, 7) is 9.81. The Morgan fingerprint density at radius 3 is 2.33 bits per heavy atom. The van der Waals surface area contributed by atoms with Crippen LogP contribution in [0.5, 0.6) is 0 Å². The number of rotatable bonds is 3. The highest BCUT2D eigenvalue weighted by molar-refractivity contribution is 5.80. The predicted octanol–water partition coefficient (Wildman–Crippen LogP) is 2.61. The van der Waals surface area contributed by atoms with Crippen LogP contribution in [0, 0.1) is 13.8 Å². The summed E-state index contributed by atoms with van der Waals surface area (Å²) < 4.78 is 3.12. The Morgan fingerprint density at radius 1 is 1.15 bits per heavy atom. The zero-order chi connectivity index (χ0) is 19.9. The number of nitrogens with zero attached hydrogens (tertiary/aromatic N) is 5. The van der Waals surface area contributed by atoms with Crippen LogP contribution in [0.2, 0.25) is 0 Å². The summed E-state index contributed by atoms with van der Waals surface area (Å²) in [5.41, 5.74) is 3.13. The quantitative estimate of drug-likeness (QED) is 0.831. The molecular formula is C20H29N5O2. The lowest BCUT2D eigenvalue weighted by atomic mass is 9.96. The van der Waals surface area contributed by atoms with Crippen molar-refractivity contribution >= 4 is 5.91 Å². The smallest absolute Gasteiger partial charge is 0.267 e. The van der Waals surface area contributed by atoms with Gasteiger partial charge in [-0.15, -0.1) is 0 Å². The number of carbonyl (C=O) groups is 1. The van der Waals surface area contributed by atoms with Crippen molar-refractivity contribution in [1.82, 2.24) is 24.5 Å². The molecule has 0 saturated carbocycles. The van der Waals surface area contributed by atoms with Crippen LogP contribution < -0.4 is 5.56 Å². The summed E-state index contributed by atoms with van der Waals surface area (Å²) >= 11 is 0. The molecule has 0 spiro atoms. The van der Waals surface area contributed by atoms with E-state index in [-0.39, 0.29) is 23.6 Å². The van der Waals surface area contributed by atoms with Crippen molar-refractivity contribution in [1.29, 1.82) is 0 Å². The van der Waals surface area contributed by atoms with E-state index in [1.807, 2.05) is 25.8 Å². The van der Waals surface area contributed by atoms with Crippen LogP contribution in [-0.4, -0.2) is 42.5 Å². The molecule has 0 unspecified atom stereocenters. The molecular weight excluding hydrogens is 342 g/mol. The number of hydrogen-bond donors (Lipinski definition) is 0. The van der Waals surface area contributed by atoms with Gasteiger partial charge in [-0.2, -0.15) is 10.2 Å². The van der Waals surface area contributed by atoms with Crippen LogP contribution in [-0.2, 0) is 11.8 Å².